The molecule has 2 atom stereocenters. The Hall–Kier alpha value is -2.99. The first kappa shape index (κ1) is 28.6. The van der Waals surface area contributed by atoms with E-state index in [1.54, 1.807) is 6.07 Å². The van der Waals surface area contributed by atoms with Crippen molar-refractivity contribution in [1.82, 2.24) is 0 Å². The van der Waals surface area contributed by atoms with Gasteiger partial charge in [0.25, 0.3) is 0 Å². The number of hydrogen-bond acceptors (Lipinski definition) is 6. The summed E-state index contributed by atoms with van der Waals surface area (Å²) in [5.74, 6) is 1.29. The molecule has 0 N–H and O–H groups in total. The summed E-state index contributed by atoms with van der Waals surface area (Å²) in [6.07, 6.45) is -0.101. The molecule has 0 aromatic heterocycles. The molecule has 37 heavy (non-hydrogen) atoms. The van der Waals surface area contributed by atoms with Gasteiger partial charge in [0.2, 0.25) is 0 Å². The average Bonchev–Trinajstić information content (AvgIpc) is 2.79. The van der Waals surface area contributed by atoms with Crippen LogP contribution in [-0.2, 0) is 19.1 Å². The van der Waals surface area contributed by atoms with Crippen LogP contribution in [0.25, 0.3) is 21.5 Å². The molecule has 3 aromatic carbocycles. The van der Waals surface area contributed by atoms with Gasteiger partial charge in [-0.1, -0.05) is 63.6 Å². The number of carbonyl (C=O) groups is 2. The van der Waals surface area contributed by atoms with Crippen molar-refractivity contribution in [2.24, 2.45) is 11.8 Å². The van der Waals surface area contributed by atoms with Crippen LogP contribution in [0, 0.1) is 11.8 Å². The predicted molar refractivity (Wildman–Crippen MR) is 147 cm³/mol. The Kier molecular flexibility index (Phi) is 10.0. The molecule has 0 spiro atoms. The molecule has 0 heterocycles. The maximum Gasteiger partial charge on any atom is 0.306 e. The average molecular weight is 529 g/mol. The minimum absolute atomic E-state index is 0.193. The second kappa shape index (κ2) is 13.0. The fourth-order valence-corrected chi connectivity index (χ4v) is 4.24. The molecular weight excluding hydrogens is 492 g/mol. The quantitative estimate of drug-likeness (QED) is 0.181. The predicted octanol–water partition coefficient (Wildman–Crippen LogP) is 7.36. The molecule has 200 valence electrons. The largest absolute Gasteiger partial charge is 0.488 e. The van der Waals surface area contributed by atoms with Gasteiger partial charge in [-0.2, -0.15) is 0 Å². The second-order valence-electron chi connectivity index (χ2n) is 10.3. The molecule has 2 unspecified atom stereocenters. The van der Waals surface area contributed by atoms with Gasteiger partial charge in [-0.05, 0) is 43.9 Å². The van der Waals surface area contributed by atoms with E-state index in [4.69, 9.17) is 30.5 Å². The maximum absolute atomic E-state index is 12.1. The van der Waals surface area contributed by atoms with Crippen LogP contribution >= 0.6 is 11.6 Å². The highest BCUT2D eigenvalue weighted by molar-refractivity contribution is 6.31. The summed E-state index contributed by atoms with van der Waals surface area (Å²) in [6.45, 7) is 11.9. The second-order valence-corrected chi connectivity index (χ2v) is 10.7. The van der Waals surface area contributed by atoms with Crippen molar-refractivity contribution in [3.63, 3.8) is 0 Å². The Morgan fingerprint density at radius 1 is 0.676 bits per heavy atom. The first-order valence-electron chi connectivity index (χ1n) is 12.8. The van der Waals surface area contributed by atoms with Crippen LogP contribution in [0.5, 0.6) is 11.5 Å². The summed E-state index contributed by atoms with van der Waals surface area (Å²) in [6, 6.07) is 13.3. The van der Waals surface area contributed by atoms with E-state index in [0.29, 0.717) is 29.4 Å². The topological polar surface area (TPSA) is 71.1 Å². The summed E-state index contributed by atoms with van der Waals surface area (Å²) in [4.78, 5) is 24.2. The van der Waals surface area contributed by atoms with Crippen molar-refractivity contribution in [1.29, 1.82) is 0 Å². The van der Waals surface area contributed by atoms with Crippen molar-refractivity contribution in [2.75, 3.05) is 13.2 Å². The van der Waals surface area contributed by atoms with Crippen LogP contribution in [0.3, 0.4) is 0 Å². The number of fused-ring (bicyclic) bond motifs is 2. The van der Waals surface area contributed by atoms with E-state index < -0.39 is 12.2 Å². The number of rotatable bonds is 12. The van der Waals surface area contributed by atoms with Crippen molar-refractivity contribution in [2.45, 2.75) is 66.6 Å². The van der Waals surface area contributed by atoms with E-state index in [9.17, 15) is 9.59 Å². The highest BCUT2D eigenvalue weighted by Gasteiger charge is 2.20. The van der Waals surface area contributed by atoms with Gasteiger partial charge >= 0.3 is 11.9 Å². The Labute approximate surface area is 224 Å². The standard InChI is InChI=1S/C30H37ClO6/c1-18(2)13-27(32)36-20(5)16-34-29-23-9-7-8-10-24(23)30(26-15-22(31)11-12-25(26)29)35-17-21(6)37-28(33)14-19(3)4/h7-12,15,18-21H,13-14,16-17H2,1-6H3. The van der Waals surface area contributed by atoms with Gasteiger partial charge in [0, 0.05) is 39.4 Å². The van der Waals surface area contributed by atoms with Crippen molar-refractivity contribution in [3.8, 4) is 11.5 Å². The summed E-state index contributed by atoms with van der Waals surface area (Å²) < 4.78 is 23.6. The Morgan fingerprint density at radius 2 is 1.11 bits per heavy atom. The first-order valence-corrected chi connectivity index (χ1v) is 13.2. The third kappa shape index (κ3) is 8.00. The van der Waals surface area contributed by atoms with E-state index in [2.05, 4.69) is 0 Å². The first-order chi connectivity index (χ1) is 17.5. The van der Waals surface area contributed by atoms with Crippen LogP contribution < -0.4 is 9.47 Å². The molecule has 0 saturated carbocycles. The van der Waals surface area contributed by atoms with Gasteiger partial charge in [-0.3, -0.25) is 9.59 Å². The Bertz CT molecular complexity index is 1240. The minimum atomic E-state index is -0.420. The molecule has 0 radical (unpaired) electrons. The Balaban J connectivity index is 1.90. The van der Waals surface area contributed by atoms with Crippen molar-refractivity contribution < 1.29 is 28.5 Å². The molecule has 6 nitrogen and oxygen atoms in total. The molecule has 0 bridgehead atoms. The van der Waals surface area contributed by atoms with Gasteiger partial charge < -0.3 is 18.9 Å². The third-order valence-corrected chi connectivity index (χ3v) is 5.86. The van der Waals surface area contributed by atoms with E-state index >= 15 is 0 Å². The number of hydrogen-bond donors (Lipinski definition) is 0. The van der Waals surface area contributed by atoms with Gasteiger partial charge in [0.1, 0.15) is 36.9 Å². The zero-order valence-electron chi connectivity index (χ0n) is 22.5. The molecule has 3 rings (SSSR count). The lowest BCUT2D eigenvalue weighted by molar-refractivity contribution is -0.151. The summed E-state index contributed by atoms with van der Waals surface area (Å²) in [5, 5.41) is 3.87. The zero-order chi connectivity index (χ0) is 27.1. The summed E-state index contributed by atoms with van der Waals surface area (Å²) in [5.41, 5.74) is 0. The molecule has 0 saturated heterocycles. The summed E-state index contributed by atoms with van der Waals surface area (Å²) in [7, 11) is 0. The molecule has 0 aliphatic carbocycles. The molecule has 7 heteroatoms. The van der Waals surface area contributed by atoms with E-state index in [1.807, 2.05) is 77.9 Å². The SMILES string of the molecule is CC(C)CC(=O)OC(C)COc1c2ccccc2c(OCC(C)OC(=O)CC(C)C)c2cc(Cl)ccc12. The van der Waals surface area contributed by atoms with Crippen molar-refractivity contribution >= 4 is 45.1 Å². The smallest absolute Gasteiger partial charge is 0.306 e. The molecular formula is C30H37ClO6. The van der Waals surface area contributed by atoms with Crippen LogP contribution in [0.2, 0.25) is 5.02 Å². The Morgan fingerprint density at radius 3 is 1.57 bits per heavy atom. The molecule has 0 fully saturated rings. The van der Waals surface area contributed by atoms with Gasteiger partial charge in [-0.15, -0.1) is 0 Å². The highest BCUT2D eigenvalue weighted by atomic mass is 35.5. The van der Waals surface area contributed by atoms with E-state index in [-0.39, 0.29) is 37.0 Å². The van der Waals surface area contributed by atoms with Crippen molar-refractivity contribution in [3.05, 3.63) is 47.5 Å². The maximum atomic E-state index is 12.1. The van der Waals surface area contributed by atoms with E-state index in [1.165, 1.54) is 0 Å². The third-order valence-electron chi connectivity index (χ3n) is 5.63. The molecule has 0 amide bonds. The lowest BCUT2D eigenvalue weighted by Gasteiger charge is -2.21. The number of ether oxygens (including phenoxy) is 4. The van der Waals surface area contributed by atoms with Gasteiger partial charge in [0.15, 0.2) is 0 Å². The zero-order valence-corrected chi connectivity index (χ0v) is 23.3. The molecule has 3 aromatic rings. The highest BCUT2D eigenvalue weighted by Crippen LogP contribution is 2.43. The number of carbonyl (C=O) groups excluding carboxylic acids is 2. The normalized spacial score (nSPS) is 13.1. The summed E-state index contributed by atoms with van der Waals surface area (Å²) >= 11 is 6.38. The minimum Gasteiger partial charge on any atom is -0.488 e. The fourth-order valence-electron chi connectivity index (χ4n) is 4.06. The lowest BCUT2D eigenvalue weighted by Crippen LogP contribution is -2.23. The van der Waals surface area contributed by atoms with Gasteiger partial charge in [-0.25, -0.2) is 0 Å². The van der Waals surface area contributed by atoms with Gasteiger partial charge in [0.05, 0.1) is 0 Å². The van der Waals surface area contributed by atoms with E-state index in [0.717, 1.165) is 21.5 Å². The lowest BCUT2D eigenvalue weighted by atomic mass is 10.0. The van der Waals surface area contributed by atoms with Crippen LogP contribution in [-0.4, -0.2) is 37.4 Å². The fraction of sp³-hybridized carbons (Fsp3) is 0.467. The number of benzene rings is 3. The van der Waals surface area contributed by atoms with Crippen LogP contribution in [0.15, 0.2) is 42.5 Å². The van der Waals surface area contributed by atoms with Crippen LogP contribution in [0.1, 0.15) is 54.4 Å². The number of halogens is 1. The monoisotopic (exact) mass is 528 g/mol. The molecule has 0 aliphatic heterocycles. The molecule has 0 aliphatic rings. The number of esters is 2. The van der Waals surface area contributed by atoms with Crippen LogP contribution in [0.4, 0.5) is 0 Å².